The molecule has 5 heteroatoms. The number of aromatic hydroxyl groups is 1. The van der Waals surface area contributed by atoms with Crippen molar-refractivity contribution in [2.45, 2.75) is 39.8 Å². The smallest absolute Gasteiger partial charge is 0.223 e. The van der Waals surface area contributed by atoms with Gasteiger partial charge in [-0.3, -0.25) is 14.7 Å². The summed E-state index contributed by atoms with van der Waals surface area (Å²) in [7, 11) is 0. The SMILES string of the molecule is CCCN(CCC)Cc1cc(=O)c(O)cn1Cc1ccccn1. The number of hydrogen-bond acceptors (Lipinski definition) is 4. The van der Waals surface area contributed by atoms with Crippen molar-refractivity contribution in [2.24, 2.45) is 0 Å². The van der Waals surface area contributed by atoms with Crippen LogP contribution >= 0.6 is 0 Å². The van der Waals surface area contributed by atoms with Crippen molar-refractivity contribution in [1.29, 1.82) is 0 Å². The average molecular weight is 315 g/mol. The number of hydrogen-bond donors (Lipinski definition) is 1. The standard InChI is InChI=1S/C18H25N3O2/c1-3-9-20(10-4-2)13-16-11-17(22)18(23)14-21(16)12-15-7-5-6-8-19-15/h5-8,11,14,23H,3-4,9-10,12-13H2,1-2H3. The second-order valence-corrected chi connectivity index (χ2v) is 5.74. The summed E-state index contributed by atoms with van der Waals surface area (Å²) in [5.74, 6) is -0.220. The fraction of sp³-hybridized carbons (Fsp3) is 0.444. The zero-order chi connectivity index (χ0) is 16.7. The van der Waals surface area contributed by atoms with E-state index in [4.69, 9.17) is 0 Å². The molecule has 0 atom stereocenters. The van der Waals surface area contributed by atoms with Crippen molar-refractivity contribution in [3.05, 3.63) is 58.3 Å². The van der Waals surface area contributed by atoms with Crippen molar-refractivity contribution >= 4 is 0 Å². The Kier molecular flexibility index (Phi) is 6.35. The molecule has 0 bridgehead atoms. The van der Waals surface area contributed by atoms with Crippen LogP contribution in [0.15, 0.2) is 41.5 Å². The van der Waals surface area contributed by atoms with Gasteiger partial charge in [0.05, 0.1) is 18.4 Å². The van der Waals surface area contributed by atoms with Crippen molar-refractivity contribution in [3.63, 3.8) is 0 Å². The van der Waals surface area contributed by atoms with Crippen LogP contribution in [0.4, 0.5) is 0 Å². The van der Waals surface area contributed by atoms with E-state index in [0.29, 0.717) is 13.1 Å². The number of pyridine rings is 2. The third-order valence-electron chi connectivity index (χ3n) is 3.72. The quantitative estimate of drug-likeness (QED) is 0.813. The molecule has 2 aromatic heterocycles. The summed E-state index contributed by atoms with van der Waals surface area (Å²) in [6, 6.07) is 7.29. The molecule has 0 aliphatic heterocycles. The second-order valence-electron chi connectivity index (χ2n) is 5.74. The zero-order valence-corrected chi connectivity index (χ0v) is 13.9. The molecule has 1 N–H and O–H groups in total. The van der Waals surface area contributed by atoms with Crippen LogP contribution in [-0.2, 0) is 13.1 Å². The summed E-state index contributed by atoms with van der Waals surface area (Å²) in [5, 5.41) is 9.78. The Morgan fingerprint density at radius 3 is 2.57 bits per heavy atom. The first-order valence-electron chi connectivity index (χ1n) is 8.18. The topological polar surface area (TPSA) is 58.4 Å². The van der Waals surface area contributed by atoms with Gasteiger partial charge in [0.15, 0.2) is 5.75 Å². The first-order valence-corrected chi connectivity index (χ1v) is 8.18. The lowest BCUT2D eigenvalue weighted by molar-refractivity contribution is 0.259. The first kappa shape index (κ1) is 17.2. The number of aromatic nitrogens is 2. The highest BCUT2D eigenvalue weighted by Gasteiger charge is 2.11. The normalized spacial score (nSPS) is 11.1. The van der Waals surface area contributed by atoms with Crippen molar-refractivity contribution in [2.75, 3.05) is 13.1 Å². The average Bonchev–Trinajstić information content (AvgIpc) is 2.53. The maximum Gasteiger partial charge on any atom is 0.223 e. The Labute approximate surface area is 137 Å². The van der Waals surface area contributed by atoms with Gasteiger partial charge in [-0.15, -0.1) is 0 Å². The van der Waals surface area contributed by atoms with E-state index in [0.717, 1.165) is 37.3 Å². The van der Waals surface area contributed by atoms with E-state index in [2.05, 4.69) is 23.7 Å². The molecule has 0 saturated carbocycles. The van der Waals surface area contributed by atoms with E-state index in [1.807, 2.05) is 22.8 Å². The van der Waals surface area contributed by atoms with Gasteiger partial charge in [0.25, 0.3) is 0 Å². The van der Waals surface area contributed by atoms with E-state index >= 15 is 0 Å². The molecule has 0 spiro atoms. The maximum absolute atomic E-state index is 11.8. The van der Waals surface area contributed by atoms with Gasteiger partial charge < -0.3 is 9.67 Å². The van der Waals surface area contributed by atoms with Crippen LogP contribution in [0.25, 0.3) is 0 Å². The van der Waals surface area contributed by atoms with Crippen molar-refractivity contribution in [1.82, 2.24) is 14.5 Å². The van der Waals surface area contributed by atoms with Crippen LogP contribution < -0.4 is 5.43 Å². The van der Waals surface area contributed by atoms with Gasteiger partial charge in [-0.05, 0) is 38.1 Å². The Bertz CT molecular complexity index is 662. The van der Waals surface area contributed by atoms with Gasteiger partial charge in [-0.25, -0.2) is 0 Å². The molecule has 2 rings (SSSR count). The summed E-state index contributed by atoms with van der Waals surface area (Å²) in [6.07, 6.45) is 5.41. The molecule has 0 aromatic carbocycles. The second kappa shape index (κ2) is 8.48. The molecule has 5 nitrogen and oxygen atoms in total. The maximum atomic E-state index is 11.8. The lowest BCUT2D eigenvalue weighted by Crippen LogP contribution is -2.28. The Balaban J connectivity index is 2.29. The van der Waals surface area contributed by atoms with E-state index in [1.165, 1.54) is 12.3 Å². The molecule has 0 unspecified atom stereocenters. The van der Waals surface area contributed by atoms with Crippen LogP contribution in [-0.4, -0.2) is 32.6 Å². The highest BCUT2D eigenvalue weighted by Crippen LogP contribution is 2.11. The number of nitrogens with zero attached hydrogens (tertiary/aromatic N) is 3. The lowest BCUT2D eigenvalue weighted by Gasteiger charge is -2.23. The summed E-state index contributed by atoms with van der Waals surface area (Å²) in [5.41, 5.74) is 1.47. The summed E-state index contributed by atoms with van der Waals surface area (Å²) in [6.45, 7) is 7.53. The minimum atomic E-state index is -0.329. The molecule has 2 aromatic rings. The zero-order valence-electron chi connectivity index (χ0n) is 13.9. The monoisotopic (exact) mass is 315 g/mol. The van der Waals surface area contributed by atoms with Crippen LogP contribution in [0.1, 0.15) is 38.1 Å². The minimum absolute atomic E-state index is 0.220. The Hall–Kier alpha value is -2.14. The summed E-state index contributed by atoms with van der Waals surface area (Å²) in [4.78, 5) is 18.5. The van der Waals surface area contributed by atoms with Crippen LogP contribution in [0.5, 0.6) is 5.75 Å². The third kappa shape index (κ3) is 4.93. The van der Waals surface area contributed by atoms with Gasteiger partial charge in [0.2, 0.25) is 5.43 Å². The molecule has 0 saturated heterocycles. The highest BCUT2D eigenvalue weighted by atomic mass is 16.3. The largest absolute Gasteiger partial charge is 0.503 e. The van der Waals surface area contributed by atoms with Crippen molar-refractivity contribution < 1.29 is 5.11 Å². The van der Waals surface area contributed by atoms with Gasteiger partial charge in [0, 0.05) is 24.5 Å². The predicted octanol–water partition coefficient (Wildman–Crippen LogP) is 2.62. The highest BCUT2D eigenvalue weighted by molar-refractivity contribution is 5.21. The molecule has 0 aliphatic rings. The van der Waals surface area contributed by atoms with Crippen LogP contribution in [0, 0.1) is 0 Å². The fourth-order valence-electron chi connectivity index (χ4n) is 2.68. The van der Waals surface area contributed by atoms with Gasteiger partial charge in [0.1, 0.15) is 0 Å². The molecule has 124 valence electrons. The molecule has 0 fully saturated rings. The van der Waals surface area contributed by atoms with E-state index < -0.39 is 0 Å². The van der Waals surface area contributed by atoms with Crippen LogP contribution in [0.3, 0.4) is 0 Å². The molecule has 0 aliphatic carbocycles. The van der Waals surface area contributed by atoms with Gasteiger partial charge >= 0.3 is 0 Å². The third-order valence-corrected chi connectivity index (χ3v) is 3.72. The van der Waals surface area contributed by atoms with Crippen LogP contribution in [0.2, 0.25) is 0 Å². The minimum Gasteiger partial charge on any atom is -0.503 e. The van der Waals surface area contributed by atoms with Crippen molar-refractivity contribution in [3.8, 4) is 5.75 Å². The molecule has 2 heterocycles. The van der Waals surface area contributed by atoms with E-state index in [9.17, 15) is 9.90 Å². The summed E-state index contributed by atoms with van der Waals surface area (Å²) < 4.78 is 1.91. The van der Waals surface area contributed by atoms with Gasteiger partial charge in [-0.2, -0.15) is 0 Å². The molecule has 0 radical (unpaired) electrons. The fourth-order valence-corrected chi connectivity index (χ4v) is 2.68. The predicted molar refractivity (Wildman–Crippen MR) is 91.6 cm³/mol. The molecule has 23 heavy (non-hydrogen) atoms. The van der Waals surface area contributed by atoms with Gasteiger partial charge in [-0.1, -0.05) is 19.9 Å². The molecular formula is C18H25N3O2. The molecule has 0 amide bonds. The summed E-state index contributed by atoms with van der Waals surface area (Å²) >= 11 is 0. The van der Waals surface area contributed by atoms with E-state index in [1.54, 1.807) is 6.20 Å². The Morgan fingerprint density at radius 2 is 1.96 bits per heavy atom. The Morgan fingerprint density at radius 1 is 1.22 bits per heavy atom. The van der Waals surface area contributed by atoms with E-state index in [-0.39, 0.29) is 11.2 Å². The number of rotatable bonds is 8. The molecular weight excluding hydrogens is 290 g/mol. The lowest BCUT2D eigenvalue weighted by atomic mass is 10.2. The first-order chi connectivity index (χ1) is 11.1.